The van der Waals surface area contributed by atoms with Gasteiger partial charge in [0.05, 0.1) is 12.0 Å². The van der Waals surface area contributed by atoms with Gasteiger partial charge in [0, 0.05) is 26.7 Å². The van der Waals surface area contributed by atoms with Crippen molar-refractivity contribution < 1.29 is 4.74 Å². The molecule has 2 aromatic rings. The van der Waals surface area contributed by atoms with Crippen molar-refractivity contribution in [3.05, 3.63) is 11.4 Å². The number of nitrogens with one attached hydrogen (secondary N) is 1. The Labute approximate surface area is 110 Å². The molecule has 1 aliphatic heterocycles. The highest BCUT2D eigenvalue weighted by Gasteiger charge is 2.16. The van der Waals surface area contributed by atoms with Crippen molar-refractivity contribution in [1.82, 2.24) is 9.97 Å². The molecule has 0 radical (unpaired) electrons. The predicted octanol–water partition coefficient (Wildman–Crippen LogP) is 1.96. The lowest BCUT2D eigenvalue weighted by atomic mass is 10.3. The summed E-state index contributed by atoms with van der Waals surface area (Å²) >= 11 is 1.65. The summed E-state index contributed by atoms with van der Waals surface area (Å²) in [6.45, 7) is 3.49. The zero-order valence-electron chi connectivity index (χ0n) is 10.3. The van der Waals surface area contributed by atoms with Gasteiger partial charge in [-0.3, -0.25) is 0 Å². The molecule has 18 heavy (non-hydrogen) atoms. The van der Waals surface area contributed by atoms with Crippen LogP contribution in [0.2, 0.25) is 0 Å². The van der Waals surface area contributed by atoms with Gasteiger partial charge in [-0.05, 0) is 17.9 Å². The van der Waals surface area contributed by atoms with Crippen LogP contribution in [0, 0.1) is 0 Å². The van der Waals surface area contributed by atoms with Crippen LogP contribution in [0.5, 0.6) is 0 Å². The van der Waals surface area contributed by atoms with E-state index in [1.54, 1.807) is 11.3 Å². The molecule has 0 spiro atoms. The van der Waals surface area contributed by atoms with Gasteiger partial charge < -0.3 is 15.0 Å². The molecule has 0 aliphatic carbocycles. The molecule has 0 saturated carbocycles. The van der Waals surface area contributed by atoms with Crippen LogP contribution >= 0.6 is 11.3 Å². The topological polar surface area (TPSA) is 50.3 Å². The third-order valence-corrected chi connectivity index (χ3v) is 3.86. The third kappa shape index (κ3) is 2.13. The van der Waals surface area contributed by atoms with Crippen molar-refractivity contribution in [2.24, 2.45) is 0 Å². The van der Waals surface area contributed by atoms with Crippen molar-refractivity contribution in [3.8, 4) is 0 Å². The van der Waals surface area contributed by atoms with E-state index in [9.17, 15) is 0 Å². The minimum atomic E-state index is 0.685. The second-order valence-electron chi connectivity index (χ2n) is 4.21. The van der Waals surface area contributed by atoms with Crippen LogP contribution in [0.1, 0.15) is 6.42 Å². The average Bonchev–Trinajstić information content (AvgIpc) is 2.70. The lowest BCUT2D eigenvalue weighted by Crippen LogP contribution is -2.27. The third-order valence-electron chi connectivity index (χ3n) is 3.05. The first-order valence-corrected chi connectivity index (χ1v) is 7.02. The summed E-state index contributed by atoms with van der Waals surface area (Å²) in [5, 5.41) is 6.24. The molecule has 0 bridgehead atoms. The molecule has 3 heterocycles. The maximum absolute atomic E-state index is 5.50. The molecule has 0 amide bonds. The van der Waals surface area contributed by atoms with Crippen molar-refractivity contribution in [3.63, 3.8) is 0 Å². The van der Waals surface area contributed by atoms with Crippen molar-refractivity contribution in [2.45, 2.75) is 6.42 Å². The van der Waals surface area contributed by atoms with Crippen LogP contribution in [0.15, 0.2) is 11.4 Å². The van der Waals surface area contributed by atoms with E-state index in [4.69, 9.17) is 4.74 Å². The summed E-state index contributed by atoms with van der Waals surface area (Å²) in [6, 6.07) is 2.10. The number of ether oxygens (including phenoxy) is 1. The lowest BCUT2D eigenvalue weighted by Gasteiger charge is -2.21. The second kappa shape index (κ2) is 5.07. The zero-order valence-corrected chi connectivity index (χ0v) is 11.2. The standard InChI is InChI=1S/C12H16N4OS/c1-13-12-14-10(9-3-8-18-11(9)15-12)16-4-2-6-17-7-5-16/h3,8H,2,4-7H2,1H3,(H,13,14,15). The Morgan fingerprint density at radius 2 is 2.28 bits per heavy atom. The first-order chi connectivity index (χ1) is 8.88. The quantitative estimate of drug-likeness (QED) is 0.898. The smallest absolute Gasteiger partial charge is 0.225 e. The minimum Gasteiger partial charge on any atom is -0.380 e. The Hall–Kier alpha value is -1.40. The summed E-state index contributed by atoms with van der Waals surface area (Å²) in [5.74, 6) is 1.71. The van der Waals surface area contributed by atoms with Crippen molar-refractivity contribution in [2.75, 3.05) is 43.6 Å². The van der Waals surface area contributed by atoms with Crippen LogP contribution in [-0.2, 0) is 4.74 Å². The highest BCUT2D eigenvalue weighted by Crippen LogP contribution is 2.29. The molecule has 1 N–H and O–H groups in total. The molecule has 0 unspecified atom stereocenters. The molecule has 2 aromatic heterocycles. The maximum Gasteiger partial charge on any atom is 0.225 e. The highest BCUT2D eigenvalue weighted by atomic mass is 32.1. The minimum absolute atomic E-state index is 0.685. The Morgan fingerprint density at radius 3 is 3.17 bits per heavy atom. The molecule has 0 atom stereocenters. The van der Waals surface area contributed by atoms with Gasteiger partial charge in [-0.1, -0.05) is 0 Å². The molecule has 3 rings (SSSR count). The Morgan fingerprint density at radius 1 is 1.33 bits per heavy atom. The Balaban J connectivity index is 2.04. The van der Waals surface area contributed by atoms with E-state index in [1.807, 2.05) is 7.05 Å². The maximum atomic E-state index is 5.50. The van der Waals surface area contributed by atoms with Gasteiger partial charge in [0.25, 0.3) is 0 Å². The second-order valence-corrected chi connectivity index (χ2v) is 5.11. The highest BCUT2D eigenvalue weighted by molar-refractivity contribution is 7.16. The van der Waals surface area contributed by atoms with E-state index in [1.165, 1.54) is 0 Å². The summed E-state index contributed by atoms with van der Waals surface area (Å²) < 4.78 is 5.50. The molecule has 1 fully saturated rings. The molecule has 1 aliphatic rings. The first kappa shape index (κ1) is 11.7. The lowest BCUT2D eigenvalue weighted by molar-refractivity contribution is 0.152. The fraction of sp³-hybridized carbons (Fsp3) is 0.500. The number of fused-ring (bicyclic) bond motifs is 1. The van der Waals surface area contributed by atoms with Crippen LogP contribution in [-0.4, -0.2) is 43.3 Å². The number of hydrogen-bond donors (Lipinski definition) is 1. The molecular weight excluding hydrogens is 248 g/mol. The van der Waals surface area contributed by atoms with Crippen molar-refractivity contribution >= 4 is 33.3 Å². The molecule has 1 saturated heterocycles. The monoisotopic (exact) mass is 264 g/mol. The predicted molar refractivity (Wildman–Crippen MR) is 74.6 cm³/mol. The summed E-state index contributed by atoms with van der Waals surface area (Å²) in [7, 11) is 1.85. The largest absolute Gasteiger partial charge is 0.380 e. The van der Waals surface area contributed by atoms with E-state index in [-0.39, 0.29) is 0 Å². The number of nitrogens with zero attached hydrogens (tertiary/aromatic N) is 3. The summed E-state index contributed by atoms with van der Waals surface area (Å²) in [4.78, 5) is 12.4. The summed E-state index contributed by atoms with van der Waals surface area (Å²) in [6.07, 6.45) is 1.05. The van der Waals surface area contributed by atoms with Crippen LogP contribution < -0.4 is 10.2 Å². The first-order valence-electron chi connectivity index (χ1n) is 6.14. The van der Waals surface area contributed by atoms with Crippen LogP contribution in [0.3, 0.4) is 0 Å². The number of hydrogen-bond acceptors (Lipinski definition) is 6. The summed E-state index contributed by atoms with van der Waals surface area (Å²) in [5.41, 5.74) is 0. The van der Waals surface area contributed by atoms with Gasteiger partial charge in [0.2, 0.25) is 5.95 Å². The molecule has 5 nitrogen and oxygen atoms in total. The van der Waals surface area contributed by atoms with Gasteiger partial charge in [0.15, 0.2) is 0 Å². The van der Waals surface area contributed by atoms with Crippen LogP contribution in [0.4, 0.5) is 11.8 Å². The van der Waals surface area contributed by atoms with Gasteiger partial charge in [-0.25, -0.2) is 4.98 Å². The number of aromatic nitrogens is 2. The van der Waals surface area contributed by atoms with Gasteiger partial charge in [0.1, 0.15) is 10.6 Å². The number of thiophene rings is 1. The zero-order chi connectivity index (χ0) is 12.4. The fourth-order valence-electron chi connectivity index (χ4n) is 2.15. The number of anilines is 2. The molecular formula is C12H16N4OS. The van der Waals surface area contributed by atoms with E-state index < -0.39 is 0 Å². The molecule has 96 valence electrons. The molecule has 6 heteroatoms. The van der Waals surface area contributed by atoms with Gasteiger partial charge in [-0.15, -0.1) is 11.3 Å². The number of rotatable bonds is 2. The van der Waals surface area contributed by atoms with Gasteiger partial charge in [-0.2, -0.15) is 4.98 Å². The fourth-order valence-corrected chi connectivity index (χ4v) is 2.91. The Kier molecular flexibility index (Phi) is 3.29. The normalized spacial score (nSPS) is 16.8. The van der Waals surface area contributed by atoms with Gasteiger partial charge >= 0.3 is 0 Å². The van der Waals surface area contributed by atoms with E-state index in [0.717, 1.165) is 48.8 Å². The molecule has 0 aromatic carbocycles. The van der Waals surface area contributed by atoms with E-state index in [0.29, 0.717) is 5.95 Å². The Bertz CT molecular complexity index is 534. The SMILES string of the molecule is CNc1nc(N2CCCOCC2)c2ccsc2n1. The average molecular weight is 264 g/mol. The van der Waals surface area contributed by atoms with Crippen LogP contribution in [0.25, 0.3) is 10.2 Å². The van der Waals surface area contributed by atoms with E-state index >= 15 is 0 Å². The van der Waals surface area contributed by atoms with E-state index in [2.05, 4.69) is 31.6 Å². The van der Waals surface area contributed by atoms with Crippen molar-refractivity contribution in [1.29, 1.82) is 0 Å².